The van der Waals surface area contributed by atoms with E-state index in [1.54, 1.807) is 17.6 Å². The second-order valence-corrected chi connectivity index (χ2v) is 8.09. The quantitative estimate of drug-likeness (QED) is 0.838. The molecule has 3 heterocycles. The summed E-state index contributed by atoms with van der Waals surface area (Å²) in [5, 5.41) is 3.33. The molecule has 0 amide bonds. The molecule has 1 saturated heterocycles. The average Bonchev–Trinajstić information content (AvgIpc) is 3.21. The first-order chi connectivity index (χ1) is 11.3. The number of piperidine rings is 1. The molecule has 1 spiro atoms. The van der Waals surface area contributed by atoms with Gasteiger partial charge < -0.3 is 4.42 Å². The van der Waals surface area contributed by atoms with Gasteiger partial charge in [0.1, 0.15) is 10.8 Å². The third-order valence-electron chi connectivity index (χ3n) is 5.83. The second-order valence-electron chi connectivity index (χ2n) is 7.11. The van der Waals surface area contributed by atoms with Crippen LogP contribution in [0.25, 0.3) is 0 Å². The molecule has 2 aliphatic rings. The van der Waals surface area contributed by atoms with Crippen molar-refractivity contribution in [2.24, 2.45) is 5.41 Å². The number of likely N-dealkylation sites (tertiary alicyclic amines) is 1. The Morgan fingerprint density at radius 3 is 2.87 bits per heavy atom. The van der Waals surface area contributed by atoms with Crippen LogP contribution in [-0.4, -0.2) is 41.0 Å². The van der Waals surface area contributed by atoms with Crippen LogP contribution in [0.1, 0.15) is 36.5 Å². The smallest absolute Gasteiger partial charge is 0.117 e. The largest absolute Gasteiger partial charge is 0.468 e. The zero-order valence-corrected chi connectivity index (χ0v) is 14.6. The van der Waals surface area contributed by atoms with Crippen LogP contribution in [0.2, 0.25) is 0 Å². The maximum atomic E-state index is 5.52. The summed E-state index contributed by atoms with van der Waals surface area (Å²) in [6.07, 6.45) is 9.07. The minimum atomic E-state index is 0.542. The van der Waals surface area contributed by atoms with E-state index in [1.165, 1.54) is 43.8 Å². The average molecular weight is 331 g/mol. The molecular formula is C18H25N3OS. The Morgan fingerprint density at radius 2 is 2.26 bits per heavy atom. The number of hydrogen-bond acceptors (Lipinski definition) is 5. The lowest BCUT2D eigenvalue weighted by Crippen LogP contribution is -2.57. The summed E-state index contributed by atoms with van der Waals surface area (Å²) in [5.41, 5.74) is 0.542. The molecule has 0 aromatic carbocycles. The van der Waals surface area contributed by atoms with Crippen molar-refractivity contribution >= 4 is 11.3 Å². The molecule has 0 radical (unpaired) electrons. The van der Waals surface area contributed by atoms with E-state index < -0.39 is 0 Å². The summed E-state index contributed by atoms with van der Waals surface area (Å²) in [7, 11) is 2.26. The monoisotopic (exact) mass is 331 g/mol. The van der Waals surface area contributed by atoms with Crippen molar-refractivity contribution in [2.75, 3.05) is 20.1 Å². The molecular weight excluding hydrogens is 306 g/mol. The number of rotatable bonds is 5. The predicted molar refractivity (Wildman–Crippen MR) is 92.3 cm³/mol. The Bertz CT molecular complexity index is 602. The van der Waals surface area contributed by atoms with Crippen molar-refractivity contribution in [1.29, 1.82) is 0 Å². The van der Waals surface area contributed by atoms with Crippen LogP contribution < -0.4 is 0 Å². The Hall–Kier alpha value is -1.17. The van der Waals surface area contributed by atoms with Gasteiger partial charge in [-0.3, -0.25) is 9.80 Å². The molecule has 2 fully saturated rings. The fourth-order valence-electron chi connectivity index (χ4n) is 4.39. The number of hydrogen-bond donors (Lipinski definition) is 0. The minimum absolute atomic E-state index is 0.542. The highest BCUT2D eigenvalue weighted by Crippen LogP contribution is 2.51. The van der Waals surface area contributed by atoms with Gasteiger partial charge in [-0.25, -0.2) is 4.98 Å². The molecule has 0 bridgehead atoms. The first kappa shape index (κ1) is 15.4. The van der Waals surface area contributed by atoms with Crippen molar-refractivity contribution in [3.8, 4) is 0 Å². The number of aromatic nitrogens is 1. The normalized spacial score (nSPS) is 24.2. The molecule has 4 rings (SSSR count). The first-order valence-corrected chi connectivity index (χ1v) is 9.46. The summed E-state index contributed by atoms with van der Waals surface area (Å²) < 4.78 is 5.52. The van der Waals surface area contributed by atoms with Crippen LogP contribution in [0.4, 0.5) is 0 Å². The topological polar surface area (TPSA) is 32.5 Å². The van der Waals surface area contributed by atoms with E-state index in [-0.39, 0.29) is 0 Å². The van der Waals surface area contributed by atoms with Gasteiger partial charge in [0.05, 0.1) is 19.4 Å². The molecule has 4 nitrogen and oxygen atoms in total. The van der Waals surface area contributed by atoms with E-state index in [1.807, 2.05) is 12.3 Å². The lowest BCUT2D eigenvalue weighted by molar-refractivity contribution is -0.0648. The van der Waals surface area contributed by atoms with Gasteiger partial charge in [0.15, 0.2) is 0 Å². The summed E-state index contributed by atoms with van der Waals surface area (Å²) in [6, 6.07) is 4.78. The fourth-order valence-corrected chi connectivity index (χ4v) is 5.05. The molecule has 124 valence electrons. The fraction of sp³-hybridized carbons (Fsp3) is 0.611. The van der Waals surface area contributed by atoms with Crippen molar-refractivity contribution in [3.05, 3.63) is 40.7 Å². The van der Waals surface area contributed by atoms with Crippen LogP contribution >= 0.6 is 11.3 Å². The predicted octanol–water partition coefficient (Wildman–Crippen LogP) is 3.61. The lowest BCUT2D eigenvalue weighted by Gasteiger charge is -2.56. The van der Waals surface area contributed by atoms with Gasteiger partial charge in [-0.15, -0.1) is 11.3 Å². The van der Waals surface area contributed by atoms with Crippen LogP contribution in [0, 0.1) is 5.41 Å². The van der Waals surface area contributed by atoms with Crippen LogP contribution in [0.15, 0.2) is 34.4 Å². The zero-order chi connectivity index (χ0) is 15.7. The summed E-state index contributed by atoms with van der Waals surface area (Å²) in [4.78, 5) is 9.51. The molecule has 0 unspecified atom stereocenters. The zero-order valence-electron chi connectivity index (χ0n) is 13.8. The molecule has 23 heavy (non-hydrogen) atoms. The maximum Gasteiger partial charge on any atom is 0.117 e. The number of nitrogens with zero attached hydrogens (tertiary/aromatic N) is 3. The molecule has 1 saturated carbocycles. The van der Waals surface area contributed by atoms with Gasteiger partial charge in [0, 0.05) is 17.6 Å². The van der Waals surface area contributed by atoms with Gasteiger partial charge in [-0.2, -0.15) is 0 Å². The van der Waals surface area contributed by atoms with E-state index in [0.29, 0.717) is 5.41 Å². The Kier molecular flexibility index (Phi) is 4.26. The van der Waals surface area contributed by atoms with Gasteiger partial charge in [0.25, 0.3) is 0 Å². The van der Waals surface area contributed by atoms with E-state index >= 15 is 0 Å². The van der Waals surface area contributed by atoms with Gasteiger partial charge in [0.2, 0.25) is 0 Å². The van der Waals surface area contributed by atoms with Crippen LogP contribution in [0.5, 0.6) is 0 Å². The van der Waals surface area contributed by atoms with E-state index in [0.717, 1.165) is 24.9 Å². The minimum Gasteiger partial charge on any atom is -0.468 e. The Labute approximate surface area is 142 Å². The van der Waals surface area contributed by atoms with Crippen molar-refractivity contribution in [1.82, 2.24) is 14.8 Å². The molecule has 1 aliphatic carbocycles. The number of thiazole rings is 1. The van der Waals surface area contributed by atoms with Crippen LogP contribution in [0.3, 0.4) is 0 Å². The maximum absolute atomic E-state index is 5.52. The standard InChI is InChI=1S/C18H25N3OS/c1-20(13-15-3-2-11-22-15)16-4-5-18(16)6-9-21(10-7-18)14-17-19-8-12-23-17/h2-3,8,11-12,16H,4-7,9-10,13-14H2,1H3/t16-/m1/s1. The van der Waals surface area contributed by atoms with E-state index in [4.69, 9.17) is 4.42 Å². The van der Waals surface area contributed by atoms with Gasteiger partial charge in [-0.05, 0) is 63.4 Å². The Morgan fingerprint density at radius 1 is 1.39 bits per heavy atom. The van der Waals surface area contributed by atoms with Crippen LogP contribution in [-0.2, 0) is 13.1 Å². The molecule has 2 aromatic rings. The SMILES string of the molecule is CN(Cc1ccco1)[C@@H]1CCC12CCN(Cc1nccs1)CC2. The number of furan rings is 1. The third-order valence-corrected chi connectivity index (χ3v) is 6.60. The molecule has 2 aromatic heterocycles. The highest BCUT2D eigenvalue weighted by Gasteiger charge is 2.49. The van der Waals surface area contributed by atoms with E-state index in [9.17, 15) is 0 Å². The molecule has 1 atom stereocenters. The van der Waals surface area contributed by atoms with Gasteiger partial charge in [-0.1, -0.05) is 0 Å². The van der Waals surface area contributed by atoms with Crippen molar-refractivity contribution in [3.63, 3.8) is 0 Å². The van der Waals surface area contributed by atoms with Crippen molar-refractivity contribution < 1.29 is 4.42 Å². The second kappa shape index (κ2) is 6.38. The Balaban J connectivity index is 1.33. The summed E-state index contributed by atoms with van der Waals surface area (Å²) in [5.74, 6) is 1.08. The van der Waals surface area contributed by atoms with Crippen molar-refractivity contribution in [2.45, 2.75) is 44.8 Å². The van der Waals surface area contributed by atoms with E-state index in [2.05, 4.69) is 33.3 Å². The van der Waals surface area contributed by atoms with Gasteiger partial charge >= 0.3 is 0 Å². The third kappa shape index (κ3) is 3.10. The highest BCUT2D eigenvalue weighted by atomic mass is 32.1. The summed E-state index contributed by atoms with van der Waals surface area (Å²) in [6.45, 7) is 4.39. The lowest BCUT2D eigenvalue weighted by atomic mass is 9.59. The first-order valence-electron chi connectivity index (χ1n) is 8.59. The highest BCUT2D eigenvalue weighted by molar-refractivity contribution is 7.09. The molecule has 1 aliphatic heterocycles. The molecule has 5 heteroatoms. The molecule has 0 N–H and O–H groups in total. The summed E-state index contributed by atoms with van der Waals surface area (Å²) >= 11 is 1.77.